The fourth-order valence-electron chi connectivity index (χ4n) is 4.25. The van der Waals surface area contributed by atoms with E-state index in [9.17, 15) is 9.59 Å². The Bertz CT molecular complexity index is 835. The van der Waals surface area contributed by atoms with E-state index in [-0.39, 0.29) is 23.8 Å². The minimum Gasteiger partial charge on any atom is -0.373 e. The molecule has 2 aliphatic rings. The highest BCUT2D eigenvalue weighted by Gasteiger charge is 2.34. The molecule has 1 aromatic heterocycles. The second-order valence-electron chi connectivity index (χ2n) is 8.15. The number of amides is 2. The first kappa shape index (κ1) is 20.5. The quantitative estimate of drug-likeness (QED) is 0.738. The molecule has 2 saturated heterocycles. The van der Waals surface area contributed by atoms with Gasteiger partial charge in [0.1, 0.15) is 0 Å². The molecule has 0 bridgehead atoms. The highest BCUT2D eigenvalue weighted by molar-refractivity contribution is 5.84. The van der Waals surface area contributed by atoms with Crippen molar-refractivity contribution in [3.8, 4) is 0 Å². The Morgan fingerprint density at radius 1 is 1.03 bits per heavy atom. The van der Waals surface area contributed by atoms with E-state index >= 15 is 0 Å². The second kappa shape index (κ2) is 9.85. The van der Waals surface area contributed by atoms with Crippen LogP contribution in [0.2, 0.25) is 0 Å². The fourth-order valence-corrected chi connectivity index (χ4v) is 4.25. The van der Waals surface area contributed by atoms with Crippen LogP contribution in [0.4, 0.5) is 0 Å². The SMILES string of the molecule is O=C1CC[C@@H](C(=O)N2CCC(OCc3ccccc3)CC2)CN1Cc1ccccn1. The zero-order valence-electron chi connectivity index (χ0n) is 17.3. The molecule has 0 spiro atoms. The first-order chi connectivity index (χ1) is 14.7. The van der Waals surface area contributed by atoms with Crippen molar-refractivity contribution in [2.75, 3.05) is 19.6 Å². The van der Waals surface area contributed by atoms with E-state index in [0.717, 1.165) is 31.6 Å². The van der Waals surface area contributed by atoms with E-state index in [1.54, 1.807) is 11.1 Å². The first-order valence-corrected chi connectivity index (χ1v) is 10.8. The Morgan fingerprint density at radius 3 is 2.53 bits per heavy atom. The topological polar surface area (TPSA) is 62.7 Å². The molecular formula is C24H29N3O3. The van der Waals surface area contributed by atoms with Gasteiger partial charge in [-0.2, -0.15) is 0 Å². The number of pyridine rings is 1. The van der Waals surface area contributed by atoms with E-state index in [0.29, 0.717) is 32.5 Å². The van der Waals surface area contributed by atoms with Gasteiger partial charge in [-0.1, -0.05) is 36.4 Å². The standard InChI is InChI=1S/C24H29N3O3/c28-23-10-9-20(16-27(23)17-21-8-4-5-13-25-21)24(29)26-14-11-22(12-15-26)30-18-19-6-2-1-3-7-19/h1-8,13,20,22H,9-12,14-18H2/t20-/m1/s1. The molecule has 1 atom stereocenters. The molecule has 0 unspecified atom stereocenters. The van der Waals surface area contributed by atoms with Crippen LogP contribution >= 0.6 is 0 Å². The molecule has 2 amide bonds. The number of carbonyl (C=O) groups is 2. The summed E-state index contributed by atoms with van der Waals surface area (Å²) < 4.78 is 6.04. The van der Waals surface area contributed by atoms with Crippen LogP contribution in [0.25, 0.3) is 0 Å². The van der Waals surface area contributed by atoms with Crippen LogP contribution in [0.3, 0.4) is 0 Å². The van der Waals surface area contributed by atoms with Crippen molar-refractivity contribution < 1.29 is 14.3 Å². The monoisotopic (exact) mass is 407 g/mol. The summed E-state index contributed by atoms with van der Waals surface area (Å²) in [5, 5.41) is 0. The van der Waals surface area contributed by atoms with Gasteiger partial charge in [0.15, 0.2) is 0 Å². The molecule has 0 N–H and O–H groups in total. The third-order valence-corrected chi connectivity index (χ3v) is 6.01. The van der Waals surface area contributed by atoms with E-state index in [1.807, 2.05) is 41.3 Å². The van der Waals surface area contributed by atoms with E-state index < -0.39 is 0 Å². The van der Waals surface area contributed by atoms with Crippen molar-refractivity contribution in [1.82, 2.24) is 14.8 Å². The molecule has 2 fully saturated rings. The van der Waals surface area contributed by atoms with Crippen LogP contribution < -0.4 is 0 Å². The summed E-state index contributed by atoms with van der Waals surface area (Å²) >= 11 is 0. The molecular weight excluding hydrogens is 378 g/mol. The molecule has 158 valence electrons. The van der Waals surface area contributed by atoms with Crippen LogP contribution in [-0.2, 0) is 27.5 Å². The zero-order valence-corrected chi connectivity index (χ0v) is 17.3. The maximum atomic E-state index is 13.1. The summed E-state index contributed by atoms with van der Waals surface area (Å²) in [4.78, 5) is 33.5. The van der Waals surface area contributed by atoms with Crippen LogP contribution in [0.5, 0.6) is 0 Å². The number of hydrogen-bond donors (Lipinski definition) is 0. The minimum atomic E-state index is -0.117. The summed E-state index contributed by atoms with van der Waals surface area (Å²) in [6.45, 7) is 3.02. The van der Waals surface area contributed by atoms with Gasteiger partial charge in [-0.15, -0.1) is 0 Å². The van der Waals surface area contributed by atoms with Crippen molar-refractivity contribution in [2.24, 2.45) is 5.92 Å². The average molecular weight is 408 g/mol. The van der Waals surface area contributed by atoms with Crippen molar-refractivity contribution >= 4 is 11.8 Å². The van der Waals surface area contributed by atoms with Gasteiger partial charge in [-0.05, 0) is 37.0 Å². The average Bonchev–Trinajstić information content (AvgIpc) is 2.80. The Kier molecular flexibility index (Phi) is 6.74. The molecule has 0 saturated carbocycles. The predicted molar refractivity (Wildman–Crippen MR) is 113 cm³/mol. The maximum absolute atomic E-state index is 13.1. The third kappa shape index (κ3) is 5.25. The summed E-state index contributed by atoms with van der Waals surface area (Å²) in [5.74, 6) is 0.168. The van der Waals surface area contributed by atoms with Crippen molar-refractivity contribution in [3.63, 3.8) is 0 Å². The molecule has 2 aromatic rings. The predicted octanol–water partition coefficient (Wildman–Crippen LogP) is 3.03. The van der Waals surface area contributed by atoms with Crippen LogP contribution in [0.1, 0.15) is 36.9 Å². The number of benzene rings is 1. The molecule has 0 aliphatic carbocycles. The molecule has 2 aliphatic heterocycles. The first-order valence-electron chi connectivity index (χ1n) is 10.8. The summed E-state index contributed by atoms with van der Waals surface area (Å²) in [6, 6.07) is 15.9. The molecule has 30 heavy (non-hydrogen) atoms. The Balaban J connectivity index is 1.25. The van der Waals surface area contributed by atoms with Gasteiger partial charge in [0.25, 0.3) is 0 Å². The number of nitrogens with zero attached hydrogens (tertiary/aromatic N) is 3. The number of carbonyl (C=O) groups excluding carboxylic acids is 2. The van der Waals surface area contributed by atoms with Crippen molar-refractivity contribution in [2.45, 2.75) is 44.9 Å². The summed E-state index contributed by atoms with van der Waals surface area (Å²) in [6.07, 6.45) is 4.73. The van der Waals surface area contributed by atoms with Gasteiger partial charge in [0, 0.05) is 32.3 Å². The number of rotatable bonds is 6. The van der Waals surface area contributed by atoms with Gasteiger partial charge in [0.05, 0.1) is 30.9 Å². The minimum absolute atomic E-state index is 0.109. The van der Waals surface area contributed by atoms with Gasteiger partial charge >= 0.3 is 0 Å². The highest BCUT2D eigenvalue weighted by Crippen LogP contribution is 2.24. The fraction of sp³-hybridized carbons (Fsp3) is 0.458. The van der Waals surface area contributed by atoms with Crippen molar-refractivity contribution in [3.05, 3.63) is 66.0 Å². The van der Waals surface area contributed by atoms with Crippen LogP contribution in [0, 0.1) is 5.92 Å². The van der Waals surface area contributed by atoms with E-state index in [4.69, 9.17) is 4.74 Å². The number of aromatic nitrogens is 1. The second-order valence-corrected chi connectivity index (χ2v) is 8.15. The summed E-state index contributed by atoms with van der Waals surface area (Å²) in [5.41, 5.74) is 2.03. The highest BCUT2D eigenvalue weighted by atomic mass is 16.5. The van der Waals surface area contributed by atoms with Crippen LogP contribution in [-0.4, -0.2) is 52.3 Å². The number of ether oxygens (including phenoxy) is 1. The Hall–Kier alpha value is -2.73. The lowest BCUT2D eigenvalue weighted by Gasteiger charge is -2.37. The molecule has 3 heterocycles. The van der Waals surface area contributed by atoms with Gasteiger partial charge < -0.3 is 14.5 Å². The van der Waals surface area contributed by atoms with Crippen LogP contribution in [0.15, 0.2) is 54.7 Å². The maximum Gasteiger partial charge on any atom is 0.227 e. The smallest absolute Gasteiger partial charge is 0.227 e. The molecule has 6 heteroatoms. The van der Waals surface area contributed by atoms with E-state index in [1.165, 1.54) is 5.56 Å². The third-order valence-electron chi connectivity index (χ3n) is 6.01. The normalized spacial score (nSPS) is 20.4. The van der Waals surface area contributed by atoms with Crippen molar-refractivity contribution in [1.29, 1.82) is 0 Å². The Morgan fingerprint density at radius 2 is 1.80 bits per heavy atom. The number of piperidine rings is 2. The largest absolute Gasteiger partial charge is 0.373 e. The lowest BCUT2D eigenvalue weighted by atomic mass is 9.94. The lowest BCUT2D eigenvalue weighted by molar-refractivity contribution is -0.145. The van der Waals surface area contributed by atoms with Gasteiger partial charge in [-0.25, -0.2) is 0 Å². The molecule has 4 rings (SSSR count). The number of hydrogen-bond acceptors (Lipinski definition) is 4. The lowest BCUT2D eigenvalue weighted by Crippen LogP contribution is -2.49. The molecule has 1 aromatic carbocycles. The molecule has 6 nitrogen and oxygen atoms in total. The zero-order chi connectivity index (χ0) is 20.8. The number of likely N-dealkylation sites (tertiary alicyclic amines) is 2. The Labute approximate surface area is 177 Å². The van der Waals surface area contributed by atoms with E-state index in [2.05, 4.69) is 17.1 Å². The van der Waals surface area contributed by atoms with Gasteiger partial charge in [-0.3, -0.25) is 14.6 Å². The summed E-state index contributed by atoms with van der Waals surface area (Å²) in [7, 11) is 0. The molecule has 0 radical (unpaired) electrons. The van der Waals surface area contributed by atoms with Gasteiger partial charge in [0.2, 0.25) is 11.8 Å².